The normalized spacial score (nSPS) is 22.7. The highest BCUT2D eigenvalue weighted by Gasteiger charge is 2.43. The van der Waals surface area contributed by atoms with Gasteiger partial charge in [0.1, 0.15) is 17.5 Å². The van der Waals surface area contributed by atoms with E-state index in [0.29, 0.717) is 18.1 Å². The SMILES string of the molecule is CC1(OC(=O)N2CCC(Oc3ccc(CN4CCCCC4)cc3Cl)CC2)CC1. The molecule has 1 aromatic rings. The standard InChI is InChI=1S/C22H31ClN2O3/c1-22(9-10-22)28-21(26)25-13-7-18(8-14-25)27-20-6-5-17(15-19(20)23)16-24-11-3-2-4-12-24/h5-6,15,18H,2-4,7-14,16H2,1H3. The van der Waals surface area contributed by atoms with E-state index in [0.717, 1.165) is 38.0 Å². The van der Waals surface area contributed by atoms with Crippen LogP contribution < -0.4 is 4.74 Å². The van der Waals surface area contributed by atoms with Crippen molar-refractivity contribution in [3.63, 3.8) is 0 Å². The Balaban J connectivity index is 1.26. The Labute approximate surface area is 172 Å². The number of amides is 1. The molecule has 2 heterocycles. The van der Waals surface area contributed by atoms with Crippen LogP contribution >= 0.6 is 11.6 Å². The second kappa shape index (κ2) is 8.50. The number of hydrogen-bond donors (Lipinski definition) is 0. The molecule has 1 aliphatic carbocycles. The lowest BCUT2D eigenvalue weighted by molar-refractivity contribution is 0.0388. The lowest BCUT2D eigenvalue weighted by Gasteiger charge is -2.32. The topological polar surface area (TPSA) is 42.0 Å². The fourth-order valence-corrected chi connectivity index (χ4v) is 4.25. The average molecular weight is 407 g/mol. The summed E-state index contributed by atoms with van der Waals surface area (Å²) in [5.41, 5.74) is 1.03. The number of carbonyl (C=O) groups is 1. The van der Waals surface area contributed by atoms with Crippen LogP contribution in [0.3, 0.4) is 0 Å². The summed E-state index contributed by atoms with van der Waals surface area (Å²) in [6.07, 6.45) is 7.40. The van der Waals surface area contributed by atoms with Gasteiger partial charge in [0.15, 0.2) is 0 Å². The van der Waals surface area contributed by atoms with Crippen LogP contribution in [0.15, 0.2) is 18.2 Å². The van der Waals surface area contributed by atoms with Crippen LogP contribution in [-0.2, 0) is 11.3 Å². The minimum atomic E-state index is -0.214. The highest BCUT2D eigenvalue weighted by molar-refractivity contribution is 6.32. The van der Waals surface area contributed by atoms with E-state index in [-0.39, 0.29) is 17.8 Å². The van der Waals surface area contributed by atoms with Gasteiger partial charge in [-0.15, -0.1) is 0 Å². The number of nitrogens with zero attached hydrogens (tertiary/aromatic N) is 2. The highest BCUT2D eigenvalue weighted by atomic mass is 35.5. The number of benzene rings is 1. The number of ether oxygens (including phenoxy) is 2. The van der Waals surface area contributed by atoms with Crippen LogP contribution in [-0.4, -0.2) is 53.8 Å². The summed E-state index contributed by atoms with van der Waals surface area (Å²) in [6.45, 7) is 6.65. The predicted octanol–water partition coefficient (Wildman–Crippen LogP) is 4.86. The molecule has 3 fully saturated rings. The van der Waals surface area contributed by atoms with Gasteiger partial charge in [-0.1, -0.05) is 24.1 Å². The number of carbonyl (C=O) groups excluding carboxylic acids is 1. The summed E-state index contributed by atoms with van der Waals surface area (Å²) in [4.78, 5) is 16.5. The molecule has 0 radical (unpaired) electrons. The van der Waals surface area contributed by atoms with Crippen molar-refractivity contribution in [2.45, 2.75) is 70.1 Å². The van der Waals surface area contributed by atoms with Crippen LogP contribution in [0.5, 0.6) is 5.75 Å². The van der Waals surface area contributed by atoms with Gasteiger partial charge in [0.25, 0.3) is 0 Å². The molecule has 154 valence electrons. The van der Waals surface area contributed by atoms with Gasteiger partial charge in [-0.05, 0) is 63.4 Å². The van der Waals surface area contributed by atoms with Gasteiger partial charge < -0.3 is 14.4 Å². The molecular weight excluding hydrogens is 376 g/mol. The lowest BCUT2D eigenvalue weighted by atomic mass is 10.1. The first kappa shape index (κ1) is 19.8. The summed E-state index contributed by atoms with van der Waals surface area (Å²) in [7, 11) is 0. The van der Waals surface area contributed by atoms with Gasteiger partial charge in [-0.2, -0.15) is 0 Å². The van der Waals surface area contributed by atoms with Gasteiger partial charge in [-0.3, -0.25) is 4.90 Å². The Kier molecular flexibility index (Phi) is 6.02. The monoisotopic (exact) mass is 406 g/mol. The van der Waals surface area contributed by atoms with Gasteiger partial charge in [0, 0.05) is 32.5 Å². The van der Waals surface area contributed by atoms with Crippen molar-refractivity contribution in [1.29, 1.82) is 0 Å². The molecule has 0 bridgehead atoms. The van der Waals surface area contributed by atoms with Crippen LogP contribution in [0, 0.1) is 0 Å². The Morgan fingerprint density at radius 2 is 1.86 bits per heavy atom. The number of hydrogen-bond acceptors (Lipinski definition) is 4. The molecule has 1 saturated carbocycles. The maximum absolute atomic E-state index is 12.2. The Morgan fingerprint density at radius 3 is 2.50 bits per heavy atom. The van der Waals surface area contributed by atoms with Gasteiger partial charge in [0.2, 0.25) is 0 Å². The van der Waals surface area contributed by atoms with Crippen molar-refractivity contribution in [1.82, 2.24) is 9.80 Å². The van der Waals surface area contributed by atoms with E-state index in [4.69, 9.17) is 21.1 Å². The Morgan fingerprint density at radius 1 is 1.14 bits per heavy atom. The maximum Gasteiger partial charge on any atom is 0.410 e. The second-order valence-electron chi connectivity index (χ2n) is 8.72. The summed E-state index contributed by atoms with van der Waals surface area (Å²) in [6, 6.07) is 6.16. The quantitative estimate of drug-likeness (QED) is 0.700. The third-order valence-electron chi connectivity index (χ3n) is 6.13. The molecule has 4 rings (SSSR count). The van der Waals surface area contributed by atoms with Gasteiger partial charge in [0.05, 0.1) is 5.02 Å². The highest BCUT2D eigenvalue weighted by Crippen LogP contribution is 2.39. The second-order valence-corrected chi connectivity index (χ2v) is 9.13. The fraction of sp³-hybridized carbons (Fsp3) is 0.682. The van der Waals surface area contributed by atoms with E-state index in [2.05, 4.69) is 11.0 Å². The molecule has 0 spiro atoms. The molecule has 1 amide bonds. The van der Waals surface area contributed by atoms with E-state index < -0.39 is 0 Å². The number of halogens is 1. The van der Waals surface area contributed by atoms with Gasteiger partial charge in [-0.25, -0.2) is 4.79 Å². The molecule has 28 heavy (non-hydrogen) atoms. The van der Waals surface area contributed by atoms with Crippen molar-refractivity contribution in [3.05, 3.63) is 28.8 Å². The minimum absolute atomic E-state index is 0.0889. The number of likely N-dealkylation sites (tertiary alicyclic amines) is 2. The third-order valence-corrected chi connectivity index (χ3v) is 6.43. The zero-order chi connectivity index (χ0) is 19.6. The van der Waals surface area contributed by atoms with E-state index in [1.807, 2.05) is 19.1 Å². The van der Waals surface area contributed by atoms with Crippen molar-refractivity contribution in [2.24, 2.45) is 0 Å². The predicted molar refractivity (Wildman–Crippen MR) is 110 cm³/mol. The van der Waals surface area contributed by atoms with Crippen LogP contribution in [0.1, 0.15) is 57.4 Å². The van der Waals surface area contributed by atoms with Crippen LogP contribution in [0.4, 0.5) is 4.79 Å². The molecule has 3 aliphatic rings. The van der Waals surface area contributed by atoms with E-state index in [9.17, 15) is 4.79 Å². The summed E-state index contributed by atoms with van der Waals surface area (Å²) in [5, 5.41) is 0.679. The first-order chi connectivity index (χ1) is 13.5. The van der Waals surface area contributed by atoms with Crippen molar-refractivity contribution < 1.29 is 14.3 Å². The number of piperidine rings is 2. The van der Waals surface area contributed by atoms with Crippen LogP contribution in [0.2, 0.25) is 5.02 Å². The molecule has 1 aromatic carbocycles. The minimum Gasteiger partial charge on any atom is -0.489 e. The zero-order valence-corrected chi connectivity index (χ0v) is 17.5. The smallest absolute Gasteiger partial charge is 0.410 e. The molecule has 0 unspecified atom stereocenters. The van der Waals surface area contributed by atoms with E-state index in [1.54, 1.807) is 4.90 Å². The van der Waals surface area contributed by atoms with E-state index in [1.165, 1.54) is 37.9 Å². The summed E-state index contributed by atoms with van der Waals surface area (Å²) >= 11 is 6.50. The van der Waals surface area contributed by atoms with Crippen LogP contribution in [0.25, 0.3) is 0 Å². The molecule has 6 heteroatoms. The maximum atomic E-state index is 12.2. The van der Waals surface area contributed by atoms with E-state index >= 15 is 0 Å². The Hall–Kier alpha value is -1.46. The average Bonchev–Trinajstić information content (AvgIpc) is 3.42. The number of rotatable bonds is 5. The third kappa shape index (κ3) is 5.12. The first-order valence-electron chi connectivity index (χ1n) is 10.7. The van der Waals surface area contributed by atoms with Crippen molar-refractivity contribution in [3.8, 4) is 5.75 Å². The largest absolute Gasteiger partial charge is 0.489 e. The van der Waals surface area contributed by atoms with Gasteiger partial charge >= 0.3 is 6.09 Å². The molecule has 2 aliphatic heterocycles. The molecular formula is C22H31ClN2O3. The van der Waals surface area contributed by atoms with Crippen molar-refractivity contribution in [2.75, 3.05) is 26.2 Å². The molecule has 2 saturated heterocycles. The fourth-order valence-electron chi connectivity index (χ4n) is 4.00. The molecule has 0 aromatic heterocycles. The molecule has 0 atom stereocenters. The summed E-state index contributed by atoms with van der Waals surface area (Å²) in [5.74, 6) is 0.746. The molecule has 0 N–H and O–H groups in total. The zero-order valence-electron chi connectivity index (χ0n) is 16.8. The molecule has 5 nitrogen and oxygen atoms in total. The first-order valence-corrected chi connectivity index (χ1v) is 11.0. The lowest BCUT2D eigenvalue weighted by Crippen LogP contribution is -2.43. The summed E-state index contributed by atoms with van der Waals surface area (Å²) < 4.78 is 11.7. The Bertz CT molecular complexity index is 693. The van der Waals surface area contributed by atoms with Crippen molar-refractivity contribution >= 4 is 17.7 Å².